The first-order valence-corrected chi connectivity index (χ1v) is 9.04. The second-order valence-electron chi connectivity index (χ2n) is 5.34. The Morgan fingerprint density at radius 1 is 1.43 bits per heavy atom. The molecule has 1 aliphatic rings. The van der Waals surface area contributed by atoms with Gasteiger partial charge < -0.3 is 11.1 Å². The van der Waals surface area contributed by atoms with Gasteiger partial charge in [-0.1, -0.05) is 30.3 Å². The lowest BCUT2D eigenvalue weighted by Gasteiger charge is -2.19. The molecule has 1 amide bonds. The monoisotopic (exact) mass is 321 g/mol. The summed E-state index contributed by atoms with van der Waals surface area (Å²) in [5.74, 6) is 0.958. The first kappa shape index (κ1) is 14.8. The van der Waals surface area contributed by atoms with Crippen LogP contribution in [-0.4, -0.2) is 29.2 Å². The summed E-state index contributed by atoms with van der Waals surface area (Å²) in [7, 11) is 0. The van der Waals surface area contributed by atoms with E-state index in [1.807, 2.05) is 18.2 Å². The maximum absolute atomic E-state index is 12.1. The van der Waals surface area contributed by atoms with Gasteiger partial charge in [0.1, 0.15) is 0 Å². The molecule has 1 aromatic heterocycles. The van der Waals surface area contributed by atoms with E-state index in [1.165, 1.54) is 16.5 Å². The lowest BCUT2D eigenvalue weighted by atomic mass is 10.0. The van der Waals surface area contributed by atoms with E-state index in [2.05, 4.69) is 16.4 Å². The second kappa shape index (κ2) is 6.77. The molecule has 0 bridgehead atoms. The lowest BCUT2D eigenvalue weighted by Crippen LogP contribution is -2.40. The van der Waals surface area contributed by atoms with Crippen LogP contribution < -0.4 is 11.1 Å². The van der Waals surface area contributed by atoms with E-state index < -0.39 is 0 Å². The molecule has 2 atom stereocenters. The molecule has 1 aromatic carbocycles. The minimum absolute atomic E-state index is 0.0876. The molecule has 2 aromatic rings. The number of nitrogens with two attached hydrogens (primary N) is 1. The van der Waals surface area contributed by atoms with Gasteiger partial charge in [-0.3, -0.25) is 4.79 Å². The van der Waals surface area contributed by atoms with Gasteiger partial charge in [0.25, 0.3) is 0 Å². The highest BCUT2D eigenvalue weighted by Crippen LogP contribution is 2.29. The van der Waals surface area contributed by atoms with Crippen LogP contribution in [0.2, 0.25) is 0 Å². The van der Waals surface area contributed by atoms with E-state index >= 15 is 0 Å². The predicted octanol–water partition coefficient (Wildman–Crippen LogP) is 2.63. The molecule has 1 saturated carbocycles. The van der Waals surface area contributed by atoms with Gasteiger partial charge >= 0.3 is 0 Å². The highest BCUT2D eigenvalue weighted by Gasteiger charge is 2.27. The molecule has 21 heavy (non-hydrogen) atoms. The number of nitrogens with zero attached hydrogens (tertiary/aromatic N) is 1. The SMILES string of the molecule is NCC1CCCC1NC(=O)CSc1nc2ccccc2s1. The van der Waals surface area contributed by atoms with E-state index in [0.717, 1.165) is 29.1 Å². The van der Waals surface area contributed by atoms with Crippen molar-refractivity contribution >= 4 is 39.2 Å². The molecule has 3 N–H and O–H groups in total. The normalized spacial score (nSPS) is 21.8. The van der Waals surface area contributed by atoms with Gasteiger partial charge in [-0.25, -0.2) is 4.98 Å². The van der Waals surface area contributed by atoms with Crippen molar-refractivity contribution in [2.24, 2.45) is 11.7 Å². The molecule has 1 aliphatic carbocycles. The molecule has 0 radical (unpaired) electrons. The van der Waals surface area contributed by atoms with Crippen LogP contribution in [0.25, 0.3) is 10.2 Å². The minimum Gasteiger partial charge on any atom is -0.352 e. The van der Waals surface area contributed by atoms with Gasteiger partial charge in [-0.15, -0.1) is 11.3 Å². The van der Waals surface area contributed by atoms with Gasteiger partial charge in [0.15, 0.2) is 4.34 Å². The number of nitrogens with one attached hydrogen (secondary N) is 1. The molecule has 4 nitrogen and oxygen atoms in total. The van der Waals surface area contributed by atoms with E-state index in [0.29, 0.717) is 18.2 Å². The third-order valence-corrected chi connectivity index (χ3v) is 6.09. The fourth-order valence-corrected chi connectivity index (χ4v) is 4.68. The molecule has 0 spiro atoms. The second-order valence-corrected chi connectivity index (χ2v) is 7.59. The number of carbonyl (C=O) groups is 1. The van der Waals surface area contributed by atoms with Crippen LogP contribution in [-0.2, 0) is 4.79 Å². The Balaban J connectivity index is 1.53. The van der Waals surface area contributed by atoms with Crippen molar-refractivity contribution in [3.05, 3.63) is 24.3 Å². The van der Waals surface area contributed by atoms with Gasteiger partial charge in [0, 0.05) is 6.04 Å². The van der Waals surface area contributed by atoms with Crippen molar-refractivity contribution in [2.75, 3.05) is 12.3 Å². The zero-order chi connectivity index (χ0) is 14.7. The summed E-state index contributed by atoms with van der Waals surface area (Å²) in [5, 5.41) is 3.12. The summed E-state index contributed by atoms with van der Waals surface area (Å²) in [5.41, 5.74) is 6.75. The number of rotatable bonds is 5. The zero-order valence-electron chi connectivity index (χ0n) is 11.7. The molecular formula is C15H19N3OS2. The van der Waals surface area contributed by atoms with Crippen molar-refractivity contribution in [3.63, 3.8) is 0 Å². The van der Waals surface area contributed by atoms with Crippen molar-refractivity contribution in [1.82, 2.24) is 10.3 Å². The molecule has 112 valence electrons. The van der Waals surface area contributed by atoms with Gasteiger partial charge in [-0.2, -0.15) is 0 Å². The van der Waals surface area contributed by atoms with E-state index in [1.54, 1.807) is 11.3 Å². The molecule has 3 rings (SSSR count). The average molecular weight is 321 g/mol. The van der Waals surface area contributed by atoms with Crippen molar-refractivity contribution < 1.29 is 4.79 Å². The number of fused-ring (bicyclic) bond motifs is 1. The molecule has 0 saturated heterocycles. The fraction of sp³-hybridized carbons (Fsp3) is 0.467. The van der Waals surface area contributed by atoms with Crippen LogP contribution in [0.5, 0.6) is 0 Å². The molecule has 2 unspecified atom stereocenters. The maximum Gasteiger partial charge on any atom is 0.230 e. The Labute approximate surface area is 132 Å². The first-order chi connectivity index (χ1) is 10.3. The molecule has 6 heteroatoms. The zero-order valence-corrected chi connectivity index (χ0v) is 13.4. The number of para-hydroxylation sites is 1. The fourth-order valence-electron chi connectivity index (χ4n) is 2.80. The van der Waals surface area contributed by atoms with Gasteiger partial charge in [0.2, 0.25) is 5.91 Å². The number of carbonyl (C=O) groups excluding carboxylic acids is 1. The average Bonchev–Trinajstić information content (AvgIpc) is 3.10. The standard InChI is InChI=1S/C15H19N3OS2/c16-8-10-4-3-6-11(10)17-14(19)9-20-15-18-12-5-1-2-7-13(12)21-15/h1-2,5,7,10-11H,3-4,6,8-9,16H2,(H,17,19). The molecular weight excluding hydrogens is 302 g/mol. The highest BCUT2D eigenvalue weighted by atomic mass is 32.2. The number of thiazole rings is 1. The smallest absolute Gasteiger partial charge is 0.230 e. The van der Waals surface area contributed by atoms with Crippen molar-refractivity contribution in [1.29, 1.82) is 0 Å². The number of aromatic nitrogens is 1. The lowest BCUT2D eigenvalue weighted by molar-refractivity contribution is -0.119. The number of hydrogen-bond acceptors (Lipinski definition) is 5. The summed E-state index contributed by atoms with van der Waals surface area (Å²) in [6.45, 7) is 0.663. The van der Waals surface area contributed by atoms with E-state index in [-0.39, 0.29) is 11.9 Å². The topological polar surface area (TPSA) is 68.0 Å². The van der Waals surface area contributed by atoms with E-state index in [4.69, 9.17) is 5.73 Å². The van der Waals surface area contributed by atoms with Crippen LogP contribution in [0.15, 0.2) is 28.6 Å². The van der Waals surface area contributed by atoms with Crippen LogP contribution in [0.1, 0.15) is 19.3 Å². The summed E-state index contributed by atoms with van der Waals surface area (Å²) in [4.78, 5) is 16.6. The largest absolute Gasteiger partial charge is 0.352 e. The number of amides is 1. The van der Waals surface area contributed by atoms with Crippen molar-refractivity contribution in [3.8, 4) is 0 Å². The Kier molecular flexibility index (Phi) is 4.77. The predicted molar refractivity (Wildman–Crippen MR) is 88.7 cm³/mol. The third kappa shape index (κ3) is 3.56. The van der Waals surface area contributed by atoms with Crippen molar-refractivity contribution in [2.45, 2.75) is 29.6 Å². The van der Waals surface area contributed by atoms with Crippen LogP contribution in [0, 0.1) is 5.92 Å². The number of benzene rings is 1. The number of thioether (sulfide) groups is 1. The highest BCUT2D eigenvalue weighted by molar-refractivity contribution is 8.01. The molecule has 1 fully saturated rings. The summed E-state index contributed by atoms with van der Waals surface area (Å²) in [6.07, 6.45) is 3.35. The Bertz CT molecular complexity index is 595. The summed E-state index contributed by atoms with van der Waals surface area (Å²) < 4.78 is 2.12. The van der Waals surface area contributed by atoms with Crippen LogP contribution >= 0.6 is 23.1 Å². The molecule has 0 aliphatic heterocycles. The Morgan fingerprint density at radius 2 is 2.29 bits per heavy atom. The minimum atomic E-state index is 0.0876. The van der Waals surface area contributed by atoms with Crippen LogP contribution in [0.4, 0.5) is 0 Å². The third-order valence-electron chi connectivity index (χ3n) is 3.91. The maximum atomic E-state index is 12.1. The quantitative estimate of drug-likeness (QED) is 0.831. The first-order valence-electron chi connectivity index (χ1n) is 7.24. The van der Waals surface area contributed by atoms with Crippen LogP contribution in [0.3, 0.4) is 0 Å². The summed E-state index contributed by atoms with van der Waals surface area (Å²) in [6, 6.07) is 8.31. The number of hydrogen-bond donors (Lipinski definition) is 2. The van der Waals surface area contributed by atoms with E-state index in [9.17, 15) is 4.79 Å². The molecule has 1 heterocycles. The Hall–Kier alpha value is -1.11. The van der Waals surface area contributed by atoms with Gasteiger partial charge in [0.05, 0.1) is 16.0 Å². The van der Waals surface area contributed by atoms with Gasteiger partial charge in [-0.05, 0) is 37.4 Å². The summed E-state index contributed by atoms with van der Waals surface area (Å²) >= 11 is 3.15. The Morgan fingerprint density at radius 3 is 3.10 bits per heavy atom.